The van der Waals surface area contributed by atoms with Crippen LogP contribution in [0, 0.1) is 0 Å². The number of hydrogen-bond donors (Lipinski definition) is 1. The normalized spacial score (nSPS) is 11.8. The number of rotatable bonds is 1. The van der Waals surface area contributed by atoms with E-state index in [0.717, 1.165) is 17.1 Å². The third-order valence-electron chi connectivity index (χ3n) is 2.75. The average molecular weight is 230 g/mol. The van der Waals surface area contributed by atoms with Gasteiger partial charge in [-0.2, -0.15) is 0 Å². The van der Waals surface area contributed by atoms with E-state index in [4.69, 9.17) is 5.73 Å². The van der Waals surface area contributed by atoms with Gasteiger partial charge in [0.05, 0.1) is 0 Å². The van der Waals surface area contributed by atoms with Crippen LogP contribution in [0.25, 0.3) is 11.3 Å². The van der Waals surface area contributed by atoms with E-state index in [2.05, 4.69) is 30.7 Å². The molecule has 4 nitrogen and oxygen atoms in total. The van der Waals surface area contributed by atoms with Crippen molar-refractivity contribution in [3.05, 3.63) is 30.4 Å². The van der Waals surface area contributed by atoms with Gasteiger partial charge >= 0.3 is 0 Å². The maximum atomic E-state index is 6.10. The number of nitrogen functional groups attached to an aromatic ring is 1. The summed E-state index contributed by atoms with van der Waals surface area (Å²) in [6, 6.07) is 3.86. The Morgan fingerprint density at radius 2 is 2.00 bits per heavy atom. The number of nitrogens with two attached hydrogens (primary N) is 1. The van der Waals surface area contributed by atoms with Crippen LogP contribution in [0.5, 0.6) is 0 Å². The first kappa shape index (κ1) is 11.6. The van der Waals surface area contributed by atoms with Crippen LogP contribution in [0.15, 0.2) is 24.5 Å². The molecule has 0 aliphatic carbocycles. The van der Waals surface area contributed by atoms with Crippen LogP contribution in [-0.4, -0.2) is 14.5 Å². The lowest BCUT2D eigenvalue weighted by Gasteiger charge is -2.17. The monoisotopic (exact) mass is 230 g/mol. The Kier molecular flexibility index (Phi) is 2.65. The zero-order valence-electron chi connectivity index (χ0n) is 10.7. The molecule has 0 fully saturated rings. The van der Waals surface area contributed by atoms with Crippen molar-refractivity contribution in [3.8, 4) is 11.3 Å². The summed E-state index contributed by atoms with van der Waals surface area (Å²) in [5, 5.41) is 0. The van der Waals surface area contributed by atoms with E-state index in [0.29, 0.717) is 5.82 Å². The van der Waals surface area contributed by atoms with Crippen molar-refractivity contribution in [2.45, 2.75) is 26.2 Å². The van der Waals surface area contributed by atoms with Gasteiger partial charge in [0.1, 0.15) is 17.3 Å². The molecule has 0 saturated carbocycles. The van der Waals surface area contributed by atoms with E-state index in [-0.39, 0.29) is 5.41 Å². The van der Waals surface area contributed by atoms with Gasteiger partial charge in [0.2, 0.25) is 0 Å². The van der Waals surface area contributed by atoms with Crippen LogP contribution in [0.4, 0.5) is 5.82 Å². The summed E-state index contributed by atoms with van der Waals surface area (Å²) in [5.74, 6) is 1.66. The van der Waals surface area contributed by atoms with Crippen LogP contribution in [0.2, 0.25) is 0 Å². The Morgan fingerprint density at radius 3 is 2.47 bits per heavy atom. The molecule has 2 rings (SSSR count). The molecule has 0 amide bonds. The summed E-state index contributed by atoms with van der Waals surface area (Å²) >= 11 is 0. The standard InChI is InChI=1S/C13H18N4/c1-13(2,3)12-16-10(11(14)17(12)4)9-6-5-7-15-8-9/h5-8H,14H2,1-4H3. The van der Waals surface area contributed by atoms with Crippen molar-refractivity contribution in [2.75, 3.05) is 5.73 Å². The zero-order valence-corrected chi connectivity index (χ0v) is 10.7. The first-order chi connectivity index (χ1) is 7.91. The molecule has 4 heteroatoms. The second-order valence-electron chi connectivity index (χ2n) is 5.22. The molecule has 0 saturated heterocycles. The van der Waals surface area contributed by atoms with E-state index < -0.39 is 0 Å². The minimum atomic E-state index is -0.0245. The van der Waals surface area contributed by atoms with Crippen LogP contribution in [-0.2, 0) is 12.5 Å². The lowest BCUT2D eigenvalue weighted by molar-refractivity contribution is 0.524. The Bertz CT molecular complexity index is 520. The lowest BCUT2D eigenvalue weighted by atomic mass is 9.96. The van der Waals surface area contributed by atoms with Crippen molar-refractivity contribution < 1.29 is 0 Å². The van der Waals surface area contributed by atoms with Crippen molar-refractivity contribution in [3.63, 3.8) is 0 Å². The first-order valence-corrected chi connectivity index (χ1v) is 5.64. The van der Waals surface area contributed by atoms with Crippen molar-refractivity contribution >= 4 is 5.82 Å². The molecule has 2 aromatic heterocycles. The van der Waals surface area contributed by atoms with Crippen LogP contribution in [0.1, 0.15) is 26.6 Å². The summed E-state index contributed by atoms with van der Waals surface area (Å²) in [6.07, 6.45) is 3.53. The predicted octanol–water partition coefficient (Wildman–Crippen LogP) is 2.36. The van der Waals surface area contributed by atoms with E-state index >= 15 is 0 Å². The second-order valence-corrected chi connectivity index (χ2v) is 5.22. The average Bonchev–Trinajstić information content (AvgIpc) is 2.57. The summed E-state index contributed by atoms with van der Waals surface area (Å²) < 4.78 is 1.95. The Balaban J connectivity index is 2.59. The van der Waals surface area contributed by atoms with Crippen molar-refractivity contribution in [1.29, 1.82) is 0 Å². The highest BCUT2D eigenvalue weighted by Gasteiger charge is 2.23. The molecular formula is C13H18N4. The van der Waals surface area contributed by atoms with Crippen LogP contribution >= 0.6 is 0 Å². The molecule has 0 aliphatic heterocycles. The summed E-state index contributed by atoms with van der Waals surface area (Å²) in [5.41, 5.74) is 7.85. The fourth-order valence-electron chi connectivity index (χ4n) is 1.90. The second kappa shape index (κ2) is 3.87. The van der Waals surface area contributed by atoms with E-state index in [1.54, 1.807) is 12.4 Å². The number of imidazole rings is 1. The topological polar surface area (TPSA) is 56.7 Å². The molecule has 90 valence electrons. The molecule has 0 radical (unpaired) electrons. The molecular weight excluding hydrogens is 212 g/mol. The number of anilines is 1. The van der Waals surface area contributed by atoms with Gasteiger partial charge in [0.15, 0.2) is 0 Å². The van der Waals surface area contributed by atoms with Crippen LogP contribution < -0.4 is 5.73 Å². The number of hydrogen-bond acceptors (Lipinski definition) is 3. The molecule has 0 aromatic carbocycles. The fourth-order valence-corrected chi connectivity index (χ4v) is 1.90. The van der Waals surface area contributed by atoms with E-state index in [1.807, 2.05) is 23.7 Å². The number of pyridine rings is 1. The largest absolute Gasteiger partial charge is 0.383 e. The fraction of sp³-hybridized carbons (Fsp3) is 0.385. The molecule has 2 heterocycles. The van der Waals surface area contributed by atoms with Crippen molar-refractivity contribution in [2.24, 2.45) is 7.05 Å². The molecule has 2 aromatic rings. The molecule has 0 aliphatic rings. The maximum Gasteiger partial charge on any atom is 0.131 e. The van der Waals surface area contributed by atoms with E-state index in [1.165, 1.54) is 0 Å². The summed E-state index contributed by atoms with van der Waals surface area (Å²) in [7, 11) is 1.95. The van der Waals surface area contributed by atoms with Gasteiger partial charge in [-0.15, -0.1) is 0 Å². The van der Waals surface area contributed by atoms with Gasteiger partial charge < -0.3 is 10.3 Å². The minimum absolute atomic E-state index is 0.0245. The van der Waals surface area contributed by atoms with Gasteiger partial charge in [0, 0.05) is 30.4 Å². The highest BCUT2D eigenvalue weighted by Crippen LogP contribution is 2.30. The quantitative estimate of drug-likeness (QED) is 0.818. The summed E-state index contributed by atoms with van der Waals surface area (Å²) in [4.78, 5) is 8.75. The first-order valence-electron chi connectivity index (χ1n) is 5.64. The highest BCUT2D eigenvalue weighted by molar-refractivity contribution is 5.70. The predicted molar refractivity (Wildman–Crippen MR) is 69.6 cm³/mol. The van der Waals surface area contributed by atoms with Crippen molar-refractivity contribution in [1.82, 2.24) is 14.5 Å². The third-order valence-corrected chi connectivity index (χ3v) is 2.75. The minimum Gasteiger partial charge on any atom is -0.383 e. The molecule has 2 N–H and O–H groups in total. The number of nitrogens with zero attached hydrogens (tertiary/aromatic N) is 3. The summed E-state index contributed by atoms with van der Waals surface area (Å²) in [6.45, 7) is 6.38. The van der Waals surface area contributed by atoms with Gasteiger partial charge in [-0.3, -0.25) is 4.98 Å². The zero-order chi connectivity index (χ0) is 12.6. The van der Waals surface area contributed by atoms with E-state index in [9.17, 15) is 0 Å². The SMILES string of the molecule is Cn1c(C(C)(C)C)nc(-c2cccnc2)c1N. The molecule has 0 spiro atoms. The van der Waals surface area contributed by atoms with Crippen LogP contribution in [0.3, 0.4) is 0 Å². The van der Waals surface area contributed by atoms with Gasteiger partial charge in [0.25, 0.3) is 0 Å². The smallest absolute Gasteiger partial charge is 0.131 e. The molecule has 0 unspecified atom stereocenters. The molecule has 17 heavy (non-hydrogen) atoms. The Labute approximate surface area is 102 Å². The van der Waals surface area contributed by atoms with Gasteiger partial charge in [-0.05, 0) is 12.1 Å². The third kappa shape index (κ3) is 2.02. The Hall–Kier alpha value is -1.84. The lowest BCUT2D eigenvalue weighted by Crippen LogP contribution is -2.17. The molecule has 0 bridgehead atoms. The Morgan fingerprint density at radius 1 is 1.29 bits per heavy atom. The maximum absolute atomic E-state index is 6.10. The highest BCUT2D eigenvalue weighted by atomic mass is 15.1. The molecule has 0 atom stereocenters. The van der Waals surface area contributed by atoms with Gasteiger partial charge in [-0.1, -0.05) is 20.8 Å². The van der Waals surface area contributed by atoms with Gasteiger partial charge in [-0.25, -0.2) is 4.98 Å². The number of aromatic nitrogens is 3.